The Balaban J connectivity index is 2.87. The second kappa shape index (κ2) is 6.53. The van der Waals surface area contributed by atoms with Crippen LogP contribution in [0.4, 0.5) is 0 Å². The minimum absolute atomic E-state index is 0.0834. The highest BCUT2D eigenvalue weighted by atomic mass is 35.5. The smallest absolute Gasteiger partial charge is 0.166 e. The number of benzene rings is 1. The molecule has 0 aliphatic rings. The van der Waals surface area contributed by atoms with Crippen LogP contribution < -0.4 is 0 Å². The van der Waals surface area contributed by atoms with Gasteiger partial charge in [-0.2, -0.15) is 0 Å². The van der Waals surface area contributed by atoms with Crippen molar-refractivity contribution in [2.75, 3.05) is 6.61 Å². The monoisotopic (exact) mass is 282 g/mol. The Hall–Kier alpha value is -0.860. The second-order valence-electron chi connectivity index (χ2n) is 5.94. The highest BCUT2D eigenvalue weighted by Crippen LogP contribution is 2.26. The summed E-state index contributed by atoms with van der Waals surface area (Å²) in [4.78, 5) is 12.4. The molecule has 2 nitrogen and oxygen atoms in total. The maximum atomic E-state index is 12.4. The maximum absolute atomic E-state index is 12.4. The number of carbonyl (C=O) groups is 1. The molecule has 0 spiro atoms. The summed E-state index contributed by atoms with van der Waals surface area (Å²) in [7, 11) is 0. The minimum Gasteiger partial charge on any atom is -0.370 e. The molecule has 0 bridgehead atoms. The van der Waals surface area contributed by atoms with Gasteiger partial charge < -0.3 is 4.74 Å². The third-order valence-electron chi connectivity index (χ3n) is 2.99. The molecular formula is C16H23ClO2. The van der Waals surface area contributed by atoms with Gasteiger partial charge in [0, 0.05) is 18.1 Å². The van der Waals surface area contributed by atoms with Gasteiger partial charge in [0.15, 0.2) is 5.78 Å². The lowest BCUT2D eigenvalue weighted by Gasteiger charge is -2.29. The van der Waals surface area contributed by atoms with Crippen molar-refractivity contribution in [3.05, 3.63) is 34.3 Å². The lowest BCUT2D eigenvalue weighted by Crippen LogP contribution is -2.38. The van der Waals surface area contributed by atoms with E-state index in [-0.39, 0.29) is 11.2 Å². The molecule has 0 radical (unpaired) electrons. The van der Waals surface area contributed by atoms with Gasteiger partial charge in [-0.3, -0.25) is 4.79 Å². The van der Waals surface area contributed by atoms with Crippen LogP contribution >= 0.6 is 11.6 Å². The second-order valence-corrected chi connectivity index (χ2v) is 6.35. The summed E-state index contributed by atoms with van der Waals surface area (Å²) >= 11 is 6.18. The molecule has 0 amide bonds. The highest BCUT2D eigenvalue weighted by Gasteiger charge is 2.31. The van der Waals surface area contributed by atoms with Crippen LogP contribution in [0.2, 0.25) is 5.02 Å². The van der Waals surface area contributed by atoms with Gasteiger partial charge in [-0.15, -0.1) is 0 Å². The summed E-state index contributed by atoms with van der Waals surface area (Å²) in [6.45, 7) is 10.5. The number of ether oxygens (including phenoxy) is 1. The van der Waals surface area contributed by atoms with Crippen LogP contribution in [0.5, 0.6) is 0 Å². The molecule has 0 N–H and O–H groups in total. The number of ketones is 1. The van der Waals surface area contributed by atoms with Gasteiger partial charge in [0.25, 0.3) is 0 Å². The summed E-state index contributed by atoms with van der Waals surface area (Å²) in [5.41, 5.74) is 1.76. The predicted octanol–water partition coefficient (Wildman–Crippen LogP) is 4.21. The molecule has 3 heteroatoms. The molecule has 0 heterocycles. The first-order chi connectivity index (χ1) is 8.75. The number of halogens is 1. The zero-order chi connectivity index (χ0) is 14.6. The van der Waals surface area contributed by atoms with E-state index in [4.69, 9.17) is 16.3 Å². The maximum Gasteiger partial charge on any atom is 0.166 e. The Bertz CT molecular complexity index is 447. The average Bonchev–Trinajstić information content (AvgIpc) is 2.28. The summed E-state index contributed by atoms with van der Waals surface area (Å²) in [5, 5.41) is 0.650. The van der Waals surface area contributed by atoms with Crippen LogP contribution in [-0.2, 0) is 16.0 Å². The first kappa shape index (κ1) is 16.2. The van der Waals surface area contributed by atoms with Gasteiger partial charge in [0.2, 0.25) is 0 Å². The van der Waals surface area contributed by atoms with E-state index in [1.807, 2.05) is 52.8 Å². The van der Waals surface area contributed by atoms with Crippen molar-refractivity contribution in [2.24, 2.45) is 5.41 Å². The lowest BCUT2D eigenvalue weighted by molar-refractivity contribution is -0.136. The molecule has 0 fully saturated rings. The first-order valence-corrected chi connectivity index (χ1v) is 7.03. The molecule has 1 atom stereocenters. The van der Waals surface area contributed by atoms with Gasteiger partial charge in [0.1, 0.15) is 6.10 Å². The van der Waals surface area contributed by atoms with E-state index in [9.17, 15) is 4.79 Å². The molecule has 0 saturated carbocycles. The van der Waals surface area contributed by atoms with E-state index in [0.29, 0.717) is 18.1 Å². The number of carbonyl (C=O) groups excluding carboxylic acids is 1. The van der Waals surface area contributed by atoms with Crippen molar-refractivity contribution in [3.63, 3.8) is 0 Å². The molecule has 19 heavy (non-hydrogen) atoms. The third-order valence-corrected chi connectivity index (χ3v) is 3.34. The molecule has 0 aromatic heterocycles. The van der Waals surface area contributed by atoms with Gasteiger partial charge in [0.05, 0.1) is 0 Å². The SMILES string of the molecule is CCOC(C(=O)Cc1ccc(C)cc1Cl)C(C)(C)C. The van der Waals surface area contributed by atoms with Crippen LogP contribution in [0.1, 0.15) is 38.8 Å². The fourth-order valence-corrected chi connectivity index (χ4v) is 2.37. The van der Waals surface area contributed by atoms with Crippen molar-refractivity contribution >= 4 is 17.4 Å². The van der Waals surface area contributed by atoms with Crippen LogP contribution in [0.3, 0.4) is 0 Å². The van der Waals surface area contributed by atoms with Crippen molar-refractivity contribution in [1.29, 1.82) is 0 Å². The van der Waals surface area contributed by atoms with Gasteiger partial charge >= 0.3 is 0 Å². The van der Waals surface area contributed by atoms with E-state index in [2.05, 4.69) is 0 Å². The van der Waals surface area contributed by atoms with E-state index in [1.165, 1.54) is 0 Å². The number of aryl methyl sites for hydroxylation is 1. The number of hydrogen-bond donors (Lipinski definition) is 0. The molecule has 1 rings (SSSR count). The molecule has 106 valence electrons. The standard InChI is InChI=1S/C16H23ClO2/c1-6-19-15(16(3,4)5)14(18)10-12-8-7-11(2)9-13(12)17/h7-9,15H,6,10H2,1-5H3. The Kier molecular flexibility index (Phi) is 5.57. The fourth-order valence-electron chi connectivity index (χ4n) is 2.07. The highest BCUT2D eigenvalue weighted by molar-refractivity contribution is 6.31. The van der Waals surface area contributed by atoms with Gasteiger partial charge in [-0.25, -0.2) is 0 Å². The van der Waals surface area contributed by atoms with Crippen LogP contribution in [-0.4, -0.2) is 18.5 Å². The molecular weight excluding hydrogens is 260 g/mol. The minimum atomic E-state index is -0.394. The molecule has 0 saturated heterocycles. The van der Waals surface area contributed by atoms with Crippen LogP contribution in [0.25, 0.3) is 0 Å². The predicted molar refractivity (Wildman–Crippen MR) is 79.8 cm³/mol. The molecule has 1 aromatic rings. The van der Waals surface area contributed by atoms with Crippen LogP contribution in [0, 0.1) is 12.3 Å². The largest absolute Gasteiger partial charge is 0.370 e. The zero-order valence-electron chi connectivity index (χ0n) is 12.4. The molecule has 0 aliphatic carbocycles. The summed E-state index contributed by atoms with van der Waals surface area (Å²) in [6, 6.07) is 5.78. The molecule has 0 aliphatic heterocycles. The van der Waals surface area contributed by atoms with Gasteiger partial charge in [-0.1, -0.05) is 44.5 Å². The van der Waals surface area contributed by atoms with Crippen molar-refractivity contribution in [1.82, 2.24) is 0 Å². The zero-order valence-corrected chi connectivity index (χ0v) is 13.2. The summed E-state index contributed by atoms with van der Waals surface area (Å²) in [5.74, 6) is 0.0834. The van der Waals surface area contributed by atoms with E-state index >= 15 is 0 Å². The Labute approximate surface area is 121 Å². The molecule has 1 aromatic carbocycles. The normalized spacial score (nSPS) is 13.4. The number of Topliss-reactive ketones (excluding diaryl/α,β-unsaturated/α-hetero) is 1. The Morgan fingerprint density at radius 1 is 1.37 bits per heavy atom. The Morgan fingerprint density at radius 3 is 2.47 bits per heavy atom. The van der Waals surface area contributed by atoms with Gasteiger partial charge in [-0.05, 0) is 36.5 Å². The summed E-state index contributed by atoms with van der Waals surface area (Å²) < 4.78 is 5.61. The lowest BCUT2D eigenvalue weighted by atomic mass is 9.84. The third kappa shape index (κ3) is 4.63. The van der Waals surface area contributed by atoms with E-state index in [0.717, 1.165) is 11.1 Å². The fraction of sp³-hybridized carbons (Fsp3) is 0.562. The quantitative estimate of drug-likeness (QED) is 0.808. The van der Waals surface area contributed by atoms with E-state index in [1.54, 1.807) is 0 Å². The first-order valence-electron chi connectivity index (χ1n) is 6.65. The summed E-state index contributed by atoms with van der Waals surface area (Å²) in [6.07, 6.45) is -0.0732. The van der Waals surface area contributed by atoms with Crippen LogP contribution in [0.15, 0.2) is 18.2 Å². The van der Waals surface area contributed by atoms with E-state index < -0.39 is 6.10 Å². The topological polar surface area (TPSA) is 26.3 Å². The van der Waals surface area contributed by atoms with Crippen molar-refractivity contribution in [2.45, 2.75) is 47.1 Å². The van der Waals surface area contributed by atoms with Crippen molar-refractivity contribution in [3.8, 4) is 0 Å². The van der Waals surface area contributed by atoms with Crippen molar-refractivity contribution < 1.29 is 9.53 Å². The average molecular weight is 283 g/mol. The molecule has 1 unspecified atom stereocenters. The number of rotatable bonds is 5. The number of hydrogen-bond acceptors (Lipinski definition) is 2. The Morgan fingerprint density at radius 2 is 2.00 bits per heavy atom.